The number of hydrogen-bond donors (Lipinski definition) is 6. The van der Waals surface area contributed by atoms with E-state index in [1.165, 1.54) is 40.2 Å². The van der Waals surface area contributed by atoms with E-state index in [1.807, 2.05) is 127 Å². The summed E-state index contributed by atoms with van der Waals surface area (Å²) >= 11 is 4.50. The highest BCUT2D eigenvalue weighted by Crippen LogP contribution is 2.37. The predicted molar refractivity (Wildman–Crippen MR) is 450 cm³/mol. The molecule has 0 spiro atoms. The molecular weight excluding hydrogens is 1480 g/mol. The van der Waals surface area contributed by atoms with Gasteiger partial charge in [-0.2, -0.15) is 29.9 Å². The number of nitrogens with one attached hydrogen (secondary N) is 6. The number of anilines is 6. The minimum absolute atomic E-state index is 0.0884. The number of rotatable bonds is 20. The molecule has 5 aromatic carbocycles. The van der Waals surface area contributed by atoms with E-state index in [1.54, 1.807) is 18.0 Å². The van der Waals surface area contributed by atoms with Crippen molar-refractivity contribution in [2.75, 3.05) is 150 Å². The van der Waals surface area contributed by atoms with Crippen LogP contribution < -0.4 is 41.7 Å². The zero-order valence-corrected chi connectivity index (χ0v) is 65.9. The third-order valence-corrected chi connectivity index (χ3v) is 23.1. The lowest BCUT2D eigenvalue weighted by Gasteiger charge is -2.36. The van der Waals surface area contributed by atoms with E-state index in [4.69, 9.17) is 44.3 Å². The Kier molecular flexibility index (Phi) is 24.2. The summed E-state index contributed by atoms with van der Waals surface area (Å²) in [6.45, 7) is 12.8. The predicted octanol–water partition coefficient (Wildman–Crippen LogP) is 10.9. The number of nitrogens with zero attached hydrogens (tertiary/aromatic N) is 17. The van der Waals surface area contributed by atoms with Gasteiger partial charge < -0.3 is 60.4 Å². The largest absolute Gasteiger partial charge is 0.465 e. The molecule has 0 bridgehead atoms. The number of aliphatic imine (C=N–C) groups is 5. The molecule has 10 aliphatic rings. The van der Waals surface area contributed by atoms with Crippen molar-refractivity contribution in [1.82, 2.24) is 60.1 Å². The van der Waals surface area contributed by atoms with Gasteiger partial charge in [-0.15, -0.1) is 0 Å². The molecule has 6 fully saturated rings. The third kappa shape index (κ3) is 21.3. The van der Waals surface area contributed by atoms with E-state index in [9.17, 15) is 14.4 Å². The topological polar surface area (TPSA) is 295 Å². The first-order valence-electron chi connectivity index (χ1n) is 38.7. The van der Waals surface area contributed by atoms with Crippen LogP contribution in [0.15, 0.2) is 224 Å². The zero-order chi connectivity index (χ0) is 77.0. The number of thioether (sulfide) groups is 1. The molecule has 10 heterocycles. The number of guanidine groups is 2. The lowest BCUT2D eigenvalue weighted by atomic mass is 10.1. The Morgan fingerprint density at radius 3 is 1.45 bits per heavy atom. The fourth-order valence-corrected chi connectivity index (χ4v) is 15.7. The minimum atomic E-state index is -0.373. The number of likely N-dealkylation sites (N-methyl/N-ethyl adjacent to an activating group) is 3. The van der Waals surface area contributed by atoms with Crippen LogP contribution in [0.5, 0.6) is 0 Å². The van der Waals surface area contributed by atoms with Crippen LogP contribution in [0.25, 0.3) is 16.7 Å². The van der Waals surface area contributed by atoms with Gasteiger partial charge in [0.05, 0.1) is 25.9 Å². The number of hydrogen-bond acceptors (Lipinski definition) is 28. The molecule has 8 aromatic rings. The summed E-state index contributed by atoms with van der Waals surface area (Å²) in [7, 11) is 6.40. The van der Waals surface area contributed by atoms with Gasteiger partial charge in [0.15, 0.2) is 15.8 Å². The number of carbonyl (C=O) groups is 3. The maximum absolute atomic E-state index is 12.2. The number of furan rings is 1. The quantitative estimate of drug-likeness (QED) is 0.0413. The van der Waals surface area contributed by atoms with Crippen LogP contribution in [0.2, 0.25) is 0 Å². The van der Waals surface area contributed by atoms with Crippen LogP contribution in [0.3, 0.4) is 0 Å². The average molecular weight is 1570 g/mol. The van der Waals surface area contributed by atoms with E-state index < -0.39 is 0 Å². The van der Waals surface area contributed by atoms with Crippen molar-refractivity contribution in [3.63, 3.8) is 0 Å². The summed E-state index contributed by atoms with van der Waals surface area (Å²) in [5.41, 5.74) is 7.96. The number of amides is 2. The minimum Gasteiger partial charge on any atom is -0.465 e. The highest BCUT2D eigenvalue weighted by atomic mass is 32.2. The van der Waals surface area contributed by atoms with Gasteiger partial charge in [-0.1, -0.05) is 96.7 Å². The van der Waals surface area contributed by atoms with E-state index in [2.05, 4.69) is 134 Å². The van der Waals surface area contributed by atoms with Gasteiger partial charge in [0.25, 0.3) is 0 Å². The van der Waals surface area contributed by atoms with Gasteiger partial charge in [-0.3, -0.25) is 34.7 Å². The highest BCUT2D eigenvalue weighted by molar-refractivity contribution is 8.00. The second-order valence-electron chi connectivity index (χ2n) is 29.4. The second kappa shape index (κ2) is 35.9. The SMILES string of the molecule is CN1CCN(C2=NC(Sc3cccc(NC(=O)C4CC4)c3)N=C(NC3=NCC(c4ccccc4)=C3)N2)CC1.CN1CCN(c2nc(NC3=NCC(c4ccccc4)=C3)nc(Sc3ccc(CC(=O)C4CC4)cc3)n2)CC1.CN1CCN(c2nc(NC3=NCC(c4ccco4)=C3)nc(Sc3cccc(NC(=O)C4CC4)c3)n2)CC1. The molecule has 1 unspecified atom stereocenters. The Labute approximate surface area is 670 Å². The summed E-state index contributed by atoms with van der Waals surface area (Å²) < 4.78 is 5.51. The van der Waals surface area contributed by atoms with E-state index in [0.717, 1.165) is 183 Å². The maximum Gasteiger partial charge on any atom is 0.234 e. The molecule has 2 amide bonds. The summed E-state index contributed by atoms with van der Waals surface area (Å²) in [6, 6.07) is 48.3. The number of aromatic nitrogens is 6. The van der Waals surface area contributed by atoms with Crippen molar-refractivity contribution in [3.8, 4) is 0 Å². The van der Waals surface area contributed by atoms with Crippen LogP contribution in [0.1, 0.15) is 61.0 Å². The molecule has 113 heavy (non-hydrogen) atoms. The molecule has 30 heteroatoms. The van der Waals surface area contributed by atoms with Crippen molar-refractivity contribution < 1.29 is 18.8 Å². The first-order chi connectivity index (χ1) is 55.3. The van der Waals surface area contributed by atoms with Crippen LogP contribution in [0, 0.1) is 17.8 Å². The van der Waals surface area contributed by atoms with Gasteiger partial charge in [0.1, 0.15) is 29.1 Å². The van der Waals surface area contributed by atoms with Gasteiger partial charge in [-0.25, -0.2) is 9.98 Å². The molecule has 0 radical (unpaired) electrons. The Morgan fingerprint density at radius 2 is 0.938 bits per heavy atom. The molecule has 18 rings (SSSR count). The number of benzene rings is 5. The first-order valence-corrected chi connectivity index (χ1v) is 41.2. The van der Waals surface area contributed by atoms with Crippen molar-refractivity contribution >= 4 is 134 Å². The zero-order valence-electron chi connectivity index (χ0n) is 63.5. The molecule has 3 aromatic heterocycles. The highest BCUT2D eigenvalue weighted by Gasteiger charge is 2.33. The van der Waals surface area contributed by atoms with Gasteiger partial charge in [-0.05, 0) is 190 Å². The van der Waals surface area contributed by atoms with Gasteiger partial charge in [0, 0.05) is 134 Å². The van der Waals surface area contributed by atoms with Crippen LogP contribution in [0.4, 0.5) is 35.2 Å². The third-order valence-electron chi connectivity index (χ3n) is 20.4. The summed E-state index contributed by atoms with van der Waals surface area (Å²) in [5.74, 6) is 7.88. The Bertz CT molecular complexity index is 5000. The van der Waals surface area contributed by atoms with Crippen LogP contribution in [-0.4, -0.2) is 221 Å². The van der Waals surface area contributed by atoms with Crippen LogP contribution in [-0.2, 0) is 20.8 Å². The molecule has 3 saturated carbocycles. The molecule has 7 aliphatic heterocycles. The lowest BCUT2D eigenvalue weighted by Crippen LogP contribution is -2.56. The standard InChI is InChI=1S/C29H31N7OS.C28H32N8OS.C26H28N8O2S/c1-35-13-15-36(16-14-35)28-32-27(31-26-18-23(19-30-26)21-5-3-2-4-6-21)33-29(34-28)38-24-11-7-20(8-12-24)17-25(37)22-9-10-22;1-35-12-14-36(15-13-35)27-32-26(31-24-16-21(18-29-24)19-6-3-2-4-7-19)33-28(34-27)38-23-9-5-8-22(17-23)30-25(37)20-10-11-20;1-33-9-11-34(12-10-33)25-30-24(29-22-14-18(16-27-22)21-6-3-13-36-21)31-26(32-25)37-20-5-2-4-19(15-20)28-23(35)17-7-8-17/h2-8,11-12,18,22H,9-10,13-17,19H2,1H3,(H,30,31,32,33,34);2-9,16-17,20,28H,10-15,18H2,1H3,(H,30,37)(H2,29,31,32,33,34);2-6,13-15,17H,7-12,16H2,1H3,(H,28,35)(H,27,29,30,31,32). The number of carbonyl (C=O) groups excluding carboxylic acids is 3. The second-order valence-corrected chi connectivity index (χ2v) is 32.6. The smallest absolute Gasteiger partial charge is 0.234 e. The normalized spacial score (nSPS) is 19.1. The van der Waals surface area contributed by atoms with Crippen LogP contribution >= 0.6 is 35.3 Å². The summed E-state index contributed by atoms with van der Waals surface area (Å²) in [5, 5.41) is 20.6. The van der Waals surface area contributed by atoms with E-state index >= 15 is 0 Å². The Morgan fingerprint density at radius 1 is 0.460 bits per heavy atom. The summed E-state index contributed by atoms with van der Waals surface area (Å²) in [6.07, 6.45) is 14.3. The lowest BCUT2D eigenvalue weighted by molar-refractivity contribution is -0.119. The Hall–Kier alpha value is -10.9. The van der Waals surface area contributed by atoms with Crippen molar-refractivity contribution in [2.24, 2.45) is 42.7 Å². The Balaban J connectivity index is 0.000000128. The number of piperazine rings is 3. The first kappa shape index (κ1) is 76.1. The number of amidine groups is 3. The molecule has 3 aliphatic carbocycles. The molecular formula is C83H91N23O4S3. The fourth-order valence-electron chi connectivity index (χ4n) is 13.2. The summed E-state index contributed by atoms with van der Waals surface area (Å²) in [4.78, 5) is 105. The van der Waals surface area contributed by atoms with Crippen molar-refractivity contribution in [2.45, 2.75) is 75.4 Å². The maximum atomic E-state index is 12.2. The van der Waals surface area contributed by atoms with E-state index in [-0.39, 0.29) is 35.1 Å². The molecule has 27 nitrogen and oxygen atoms in total. The molecule has 6 N–H and O–H groups in total. The van der Waals surface area contributed by atoms with E-state index in [0.29, 0.717) is 77.7 Å². The van der Waals surface area contributed by atoms with Gasteiger partial charge >= 0.3 is 0 Å². The monoisotopic (exact) mass is 1570 g/mol. The van der Waals surface area contributed by atoms with Crippen molar-refractivity contribution in [3.05, 3.63) is 193 Å². The molecule has 580 valence electrons. The molecule has 3 saturated heterocycles. The number of Topliss-reactive ketones (excluding diaryl/α,β-unsaturated/α-hetero) is 1. The van der Waals surface area contributed by atoms with Gasteiger partial charge in [0.2, 0.25) is 47.5 Å². The fraction of sp³-hybridized carbons (Fsp3) is 0.349. The molecule has 1 atom stereocenters. The van der Waals surface area contributed by atoms with Crippen molar-refractivity contribution in [1.29, 1.82) is 0 Å². The average Bonchev–Trinajstić information content (AvgIpc) is 1.77. The number of ketones is 1.